The van der Waals surface area contributed by atoms with Crippen molar-refractivity contribution >= 4 is 10.9 Å². The number of nitrogens with zero attached hydrogens (tertiary/aromatic N) is 1. The average molecular weight is 177 g/mol. The Hall–Kier alpha value is -1.64. The van der Waals surface area contributed by atoms with Gasteiger partial charge in [0.15, 0.2) is 0 Å². The topological polar surface area (TPSA) is 34.4 Å². The van der Waals surface area contributed by atoms with Gasteiger partial charge in [-0.25, -0.2) is 0 Å². The highest BCUT2D eigenvalue weighted by Gasteiger charge is 2.11. The molecular weight excluding hydrogens is 166 g/mol. The molecule has 13 heavy (non-hydrogen) atoms. The van der Waals surface area contributed by atoms with E-state index in [1.54, 1.807) is 0 Å². The van der Waals surface area contributed by atoms with Gasteiger partial charge in [0, 0.05) is 10.9 Å². The van der Waals surface area contributed by atoms with E-state index in [2.05, 4.69) is 0 Å². The van der Waals surface area contributed by atoms with E-state index in [1.807, 2.05) is 31.2 Å². The van der Waals surface area contributed by atoms with Crippen LogP contribution in [0.1, 0.15) is 5.56 Å². The fourth-order valence-electron chi connectivity index (χ4n) is 1.54. The summed E-state index contributed by atoms with van der Waals surface area (Å²) in [5.74, 6) is 0.170. The third kappa shape index (κ3) is 0.967. The zero-order valence-electron chi connectivity index (χ0n) is 7.61. The van der Waals surface area contributed by atoms with Crippen molar-refractivity contribution in [2.75, 3.05) is 7.11 Å². The summed E-state index contributed by atoms with van der Waals surface area (Å²) in [6.45, 7) is 1.87. The maximum absolute atomic E-state index is 9.66. The summed E-state index contributed by atoms with van der Waals surface area (Å²) in [5, 5.41) is 10.7. The molecule has 2 aromatic rings. The maximum Gasteiger partial charge on any atom is 0.229 e. The number of para-hydroxylation sites is 1. The Morgan fingerprint density at radius 3 is 2.69 bits per heavy atom. The second-order valence-corrected chi connectivity index (χ2v) is 2.94. The van der Waals surface area contributed by atoms with Crippen LogP contribution in [0.15, 0.2) is 24.3 Å². The number of aromatic nitrogens is 1. The molecule has 0 saturated heterocycles. The number of aryl methyl sites for hydroxylation is 1. The molecule has 0 spiro atoms. The van der Waals surface area contributed by atoms with Gasteiger partial charge in [0.25, 0.3) is 0 Å². The second kappa shape index (κ2) is 2.69. The van der Waals surface area contributed by atoms with Gasteiger partial charge >= 0.3 is 0 Å². The van der Waals surface area contributed by atoms with Crippen LogP contribution in [0, 0.1) is 6.92 Å². The van der Waals surface area contributed by atoms with E-state index in [1.165, 1.54) is 11.8 Å². The number of hydrogen-bond donors (Lipinski definition) is 1. The van der Waals surface area contributed by atoms with Gasteiger partial charge in [0.1, 0.15) is 7.11 Å². The standard InChI is InChI=1S/C10H11NO2/c1-7-8-5-3-4-6-9(8)11(13-2)10(7)12/h3-6,12H,1-2H3. The summed E-state index contributed by atoms with van der Waals surface area (Å²) in [6.07, 6.45) is 0. The van der Waals surface area contributed by atoms with Crippen molar-refractivity contribution in [3.63, 3.8) is 0 Å². The minimum Gasteiger partial charge on any atom is -0.492 e. The lowest BCUT2D eigenvalue weighted by atomic mass is 10.2. The number of aromatic hydroxyl groups is 1. The smallest absolute Gasteiger partial charge is 0.229 e. The monoisotopic (exact) mass is 177 g/mol. The summed E-state index contributed by atoms with van der Waals surface area (Å²) in [7, 11) is 1.53. The first-order valence-electron chi connectivity index (χ1n) is 4.09. The molecule has 68 valence electrons. The van der Waals surface area contributed by atoms with Crippen LogP contribution in [0.25, 0.3) is 10.9 Å². The van der Waals surface area contributed by atoms with E-state index in [-0.39, 0.29) is 5.88 Å². The Labute approximate surface area is 76.1 Å². The Bertz CT molecular complexity index is 445. The first kappa shape index (κ1) is 7.98. The predicted octanol–water partition coefficient (Wildman–Crippen LogP) is 1.71. The molecule has 0 bridgehead atoms. The maximum atomic E-state index is 9.66. The van der Waals surface area contributed by atoms with E-state index in [0.717, 1.165) is 16.5 Å². The number of hydrogen-bond acceptors (Lipinski definition) is 2. The van der Waals surface area contributed by atoms with Crippen LogP contribution in [0.5, 0.6) is 5.88 Å². The molecule has 0 saturated carbocycles. The lowest BCUT2D eigenvalue weighted by Gasteiger charge is -2.02. The molecule has 1 aromatic carbocycles. The van der Waals surface area contributed by atoms with Crippen molar-refractivity contribution < 1.29 is 9.94 Å². The van der Waals surface area contributed by atoms with E-state index in [9.17, 15) is 5.11 Å². The minimum atomic E-state index is 0.170. The number of rotatable bonds is 1. The normalized spacial score (nSPS) is 10.6. The lowest BCUT2D eigenvalue weighted by Crippen LogP contribution is -2.03. The highest BCUT2D eigenvalue weighted by molar-refractivity contribution is 5.86. The molecule has 0 aliphatic rings. The van der Waals surface area contributed by atoms with Gasteiger partial charge in [0.05, 0.1) is 5.52 Å². The molecule has 0 aliphatic heterocycles. The van der Waals surface area contributed by atoms with Gasteiger partial charge in [-0.3, -0.25) is 0 Å². The molecule has 0 atom stereocenters. The Kier molecular flexibility index (Phi) is 1.65. The fourth-order valence-corrected chi connectivity index (χ4v) is 1.54. The Balaban J connectivity index is 2.90. The molecule has 1 heterocycles. The molecular formula is C10H11NO2. The highest BCUT2D eigenvalue weighted by atomic mass is 16.7. The van der Waals surface area contributed by atoms with Crippen LogP contribution in [0.4, 0.5) is 0 Å². The second-order valence-electron chi connectivity index (χ2n) is 2.94. The predicted molar refractivity (Wildman–Crippen MR) is 50.8 cm³/mol. The molecule has 1 aromatic heterocycles. The quantitative estimate of drug-likeness (QED) is 0.719. The van der Waals surface area contributed by atoms with Crippen LogP contribution < -0.4 is 4.84 Å². The molecule has 3 heteroatoms. The van der Waals surface area contributed by atoms with Gasteiger partial charge < -0.3 is 9.94 Å². The summed E-state index contributed by atoms with van der Waals surface area (Å²) in [4.78, 5) is 5.05. The van der Waals surface area contributed by atoms with Crippen LogP contribution in [0.3, 0.4) is 0 Å². The van der Waals surface area contributed by atoms with E-state index >= 15 is 0 Å². The highest BCUT2D eigenvalue weighted by Crippen LogP contribution is 2.28. The van der Waals surface area contributed by atoms with Crippen molar-refractivity contribution in [3.05, 3.63) is 29.8 Å². The van der Waals surface area contributed by atoms with Crippen molar-refractivity contribution in [2.24, 2.45) is 0 Å². The zero-order chi connectivity index (χ0) is 9.42. The summed E-state index contributed by atoms with van der Waals surface area (Å²) in [5.41, 5.74) is 1.73. The van der Waals surface area contributed by atoms with Crippen LogP contribution >= 0.6 is 0 Å². The van der Waals surface area contributed by atoms with E-state index in [0.29, 0.717) is 0 Å². The first-order chi connectivity index (χ1) is 6.25. The zero-order valence-corrected chi connectivity index (χ0v) is 7.61. The molecule has 1 N–H and O–H groups in total. The molecule has 0 amide bonds. The largest absolute Gasteiger partial charge is 0.492 e. The van der Waals surface area contributed by atoms with Crippen molar-refractivity contribution in [3.8, 4) is 5.88 Å². The van der Waals surface area contributed by atoms with Crippen molar-refractivity contribution in [1.82, 2.24) is 4.73 Å². The van der Waals surface area contributed by atoms with Crippen LogP contribution in [0.2, 0.25) is 0 Å². The SMILES string of the molecule is COn1c(O)c(C)c2ccccc21. The van der Waals surface area contributed by atoms with Crippen molar-refractivity contribution in [2.45, 2.75) is 6.92 Å². The van der Waals surface area contributed by atoms with Gasteiger partial charge in [-0.2, -0.15) is 0 Å². The Morgan fingerprint density at radius 2 is 2.00 bits per heavy atom. The molecule has 0 radical (unpaired) electrons. The van der Waals surface area contributed by atoms with Crippen LogP contribution in [-0.2, 0) is 0 Å². The van der Waals surface area contributed by atoms with Gasteiger partial charge in [-0.15, -0.1) is 4.73 Å². The lowest BCUT2D eigenvalue weighted by molar-refractivity contribution is 0.152. The van der Waals surface area contributed by atoms with Crippen LogP contribution in [-0.4, -0.2) is 16.9 Å². The number of fused-ring (bicyclic) bond motifs is 1. The third-order valence-electron chi connectivity index (χ3n) is 2.24. The van der Waals surface area contributed by atoms with Gasteiger partial charge in [-0.1, -0.05) is 18.2 Å². The first-order valence-corrected chi connectivity index (χ1v) is 4.09. The van der Waals surface area contributed by atoms with Gasteiger partial charge in [-0.05, 0) is 13.0 Å². The average Bonchev–Trinajstić information content (AvgIpc) is 2.41. The summed E-state index contributed by atoms with van der Waals surface area (Å²) in [6, 6.07) is 7.72. The number of benzene rings is 1. The van der Waals surface area contributed by atoms with E-state index in [4.69, 9.17) is 4.84 Å². The molecule has 0 unspecified atom stereocenters. The van der Waals surface area contributed by atoms with Crippen molar-refractivity contribution in [1.29, 1.82) is 0 Å². The summed E-state index contributed by atoms with van der Waals surface area (Å²) >= 11 is 0. The molecule has 2 rings (SSSR count). The fraction of sp³-hybridized carbons (Fsp3) is 0.200. The summed E-state index contributed by atoms with van der Waals surface area (Å²) < 4.78 is 1.42. The molecule has 0 fully saturated rings. The molecule has 3 nitrogen and oxygen atoms in total. The van der Waals surface area contributed by atoms with Gasteiger partial charge in [0.2, 0.25) is 5.88 Å². The van der Waals surface area contributed by atoms with E-state index < -0.39 is 0 Å². The Morgan fingerprint density at radius 1 is 1.31 bits per heavy atom. The molecule has 0 aliphatic carbocycles. The third-order valence-corrected chi connectivity index (χ3v) is 2.24. The minimum absolute atomic E-state index is 0.170.